The summed E-state index contributed by atoms with van der Waals surface area (Å²) in [5, 5.41) is 0. The second-order valence-corrected chi connectivity index (χ2v) is 7.73. The number of likely N-dealkylation sites (N-methyl/N-ethyl adjacent to an activating group) is 1. The number of hydrogen-bond acceptors (Lipinski definition) is 3. The Kier molecular flexibility index (Phi) is 6.32. The summed E-state index contributed by atoms with van der Waals surface area (Å²) in [6.45, 7) is 3.57. The smallest absolute Gasteiger partial charge is 0.416 e. The number of carbonyl (C=O) groups excluding carboxylic acids is 1. The third kappa shape index (κ3) is 4.81. The zero-order valence-electron chi connectivity index (χ0n) is 16.8. The van der Waals surface area contributed by atoms with Gasteiger partial charge in [0, 0.05) is 18.4 Å². The van der Waals surface area contributed by atoms with Crippen LogP contribution in [0.3, 0.4) is 0 Å². The maximum atomic E-state index is 13.3. The van der Waals surface area contributed by atoms with Gasteiger partial charge in [-0.3, -0.25) is 4.79 Å². The first-order valence-electron chi connectivity index (χ1n) is 9.86. The molecule has 0 radical (unpaired) electrons. The van der Waals surface area contributed by atoms with E-state index in [0.29, 0.717) is 0 Å². The average Bonchev–Trinajstić information content (AvgIpc) is 2.68. The van der Waals surface area contributed by atoms with E-state index < -0.39 is 11.7 Å². The molecule has 0 aliphatic carbocycles. The van der Waals surface area contributed by atoms with Crippen LogP contribution in [0, 0.1) is 0 Å². The molecule has 0 spiro atoms. The first-order valence-corrected chi connectivity index (χ1v) is 9.86. The average molecular weight is 405 g/mol. The minimum Gasteiger partial charge on any atom is -0.493 e. The van der Waals surface area contributed by atoms with E-state index in [0.717, 1.165) is 43.6 Å². The number of ketones is 1. The SMILES string of the molecule is CCOc1cc(C(F)(F)F)ccc1C(=O)CC1(c2ccccc2)CCCN(C)C1. The highest BCUT2D eigenvalue weighted by Gasteiger charge is 2.39. The highest BCUT2D eigenvalue weighted by molar-refractivity contribution is 5.99. The van der Waals surface area contributed by atoms with E-state index in [1.807, 2.05) is 37.4 Å². The minimum absolute atomic E-state index is 0.000277. The van der Waals surface area contributed by atoms with Crippen molar-refractivity contribution in [3.05, 3.63) is 65.2 Å². The lowest BCUT2D eigenvalue weighted by Gasteiger charge is -2.42. The lowest BCUT2D eigenvalue weighted by molar-refractivity contribution is -0.137. The molecule has 29 heavy (non-hydrogen) atoms. The van der Waals surface area contributed by atoms with Gasteiger partial charge in [0.2, 0.25) is 0 Å². The van der Waals surface area contributed by atoms with Crippen molar-refractivity contribution in [2.75, 3.05) is 26.7 Å². The van der Waals surface area contributed by atoms with Crippen molar-refractivity contribution < 1.29 is 22.7 Å². The monoisotopic (exact) mass is 405 g/mol. The van der Waals surface area contributed by atoms with Gasteiger partial charge in [0.1, 0.15) is 5.75 Å². The van der Waals surface area contributed by atoms with Crippen LogP contribution in [-0.4, -0.2) is 37.4 Å². The molecule has 156 valence electrons. The molecule has 1 aliphatic heterocycles. The fraction of sp³-hybridized carbons (Fsp3) is 0.435. The molecular weight excluding hydrogens is 379 g/mol. The van der Waals surface area contributed by atoms with Gasteiger partial charge in [-0.05, 0) is 57.1 Å². The van der Waals surface area contributed by atoms with Crippen LogP contribution in [0.15, 0.2) is 48.5 Å². The number of benzene rings is 2. The van der Waals surface area contributed by atoms with Gasteiger partial charge in [0.05, 0.1) is 17.7 Å². The van der Waals surface area contributed by atoms with Gasteiger partial charge in [-0.2, -0.15) is 13.2 Å². The number of likely N-dealkylation sites (tertiary alicyclic amines) is 1. The van der Waals surface area contributed by atoms with Gasteiger partial charge in [-0.25, -0.2) is 0 Å². The summed E-state index contributed by atoms with van der Waals surface area (Å²) in [6, 6.07) is 13.1. The maximum Gasteiger partial charge on any atom is 0.416 e. The Morgan fingerprint density at radius 3 is 2.52 bits per heavy atom. The van der Waals surface area contributed by atoms with Crippen LogP contribution in [0.2, 0.25) is 0 Å². The van der Waals surface area contributed by atoms with Crippen molar-refractivity contribution in [3.63, 3.8) is 0 Å². The van der Waals surface area contributed by atoms with Crippen LogP contribution in [0.5, 0.6) is 5.75 Å². The Morgan fingerprint density at radius 2 is 1.90 bits per heavy atom. The third-order valence-corrected chi connectivity index (χ3v) is 5.56. The third-order valence-electron chi connectivity index (χ3n) is 5.56. The van der Waals surface area contributed by atoms with Crippen LogP contribution in [0.25, 0.3) is 0 Å². The second-order valence-electron chi connectivity index (χ2n) is 7.73. The second kappa shape index (κ2) is 8.57. The van der Waals surface area contributed by atoms with E-state index in [-0.39, 0.29) is 35.5 Å². The molecule has 2 aromatic carbocycles. The van der Waals surface area contributed by atoms with Gasteiger partial charge in [0.25, 0.3) is 0 Å². The van der Waals surface area contributed by atoms with Gasteiger partial charge in [-0.1, -0.05) is 30.3 Å². The molecule has 0 bridgehead atoms. The normalized spacial score (nSPS) is 20.4. The van der Waals surface area contributed by atoms with E-state index in [4.69, 9.17) is 4.74 Å². The van der Waals surface area contributed by atoms with Crippen molar-refractivity contribution in [2.24, 2.45) is 0 Å². The zero-order chi connectivity index (χ0) is 21.1. The lowest BCUT2D eigenvalue weighted by Crippen LogP contribution is -2.45. The van der Waals surface area contributed by atoms with Gasteiger partial charge in [-0.15, -0.1) is 0 Å². The molecule has 1 fully saturated rings. The molecule has 1 unspecified atom stereocenters. The highest BCUT2D eigenvalue weighted by Crippen LogP contribution is 2.40. The first-order chi connectivity index (χ1) is 13.7. The van der Waals surface area contributed by atoms with Gasteiger partial charge in [0.15, 0.2) is 5.78 Å². The molecule has 6 heteroatoms. The minimum atomic E-state index is -4.48. The van der Waals surface area contributed by atoms with Crippen LogP contribution >= 0.6 is 0 Å². The summed E-state index contributed by atoms with van der Waals surface area (Å²) >= 11 is 0. The lowest BCUT2D eigenvalue weighted by atomic mass is 9.70. The molecule has 2 aromatic rings. The Balaban J connectivity index is 1.96. The molecule has 1 heterocycles. The first kappa shape index (κ1) is 21.4. The molecule has 1 atom stereocenters. The van der Waals surface area contributed by atoms with Crippen LogP contribution in [0.4, 0.5) is 13.2 Å². The summed E-state index contributed by atoms with van der Waals surface area (Å²) in [7, 11) is 2.03. The molecule has 0 amide bonds. The highest BCUT2D eigenvalue weighted by atomic mass is 19.4. The number of alkyl halides is 3. The Hall–Kier alpha value is -2.34. The zero-order valence-corrected chi connectivity index (χ0v) is 16.8. The van der Waals surface area contributed by atoms with E-state index in [2.05, 4.69) is 4.90 Å². The summed E-state index contributed by atoms with van der Waals surface area (Å²) in [5.41, 5.74) is 0.123. The van der Waals surface area contributed by atoms with E-state index in [9.17, 15) is 18.0 Å². The number of rotatable bonds is 6. The quantitative estimate of drug-likeness (QED) is 0.608. The number of nitrogens with zero attached hydrogens (tertiary/aromatic N) is 1. The maximum absolute atomic E-state index is 13.3. The summed E-state index contributed by atoms with van der Waals surface area (Å²) in [6.07, 6.45) is -2.43. The Bertz CT molecular complexity index is 851. The summed E-state index contributed by atoms with van der Waals surface area (Å²) in [4.78, 5) is 15.5. The molecule has 0 N–H and O–H groups in total. The molecule has 3 rings (SSSR count). The molecule has 1 aliphatic rings. The predicted molar refractivity (Wildman–Crippen MR) is 106 cm³/mol. The largest absolute Gasteiger partial charge is 0.493 e. The number of hydrogen-bond donors (Lipinski definition) is 0. The summed E-state index contributed by atoms with van der Waals surface area (Å²) in [5.74, 6) is -0.193. The number of piperidine rings is 1. The molecule has 1 saturated heterocycles. The fourth-order valence-corrected chi connectivity index (χ4v) is 4.24. The van der Waals surface area contributed by atoms with Crippen molar-refractivity contribution in [2.45, 2.75) is 37.8 Å². The standard InChI is InChI=1S/C23H26F3NO2/c1-3-29-21-14-18(23(24,25)26)10-11-19(21)20(28)15-22(12-7-13-27(2)16-22)17-8-5-4-6-9-17/h4-6,8-11,14H,3,7,12-13,15-16H2,1-2H3. The van der Waals surface area contributed by atoms with E-state index in [1.54, 1.807) is 6.92 Å². The predicted octanol–water partition coefficient (Wildman–Crippen LogP) is 5.34. The molecule has 0 saturated carbocycles. The van der Waals surface area contributed by atoms with Crippen molar-refractivity contribution >= 4 is 5.78 Å². The van der Waals surface area contributed by atoms with Crippen LogP contribution < -0.4 is 4.74 Å². The Morgan fingerprint density at radius 1 is 1.17 bits per heavy atom. The number of Topliss-reactive ketones (excluding diaryl/α,β-unsaturated/α-hetero) is 1. The van der Waals surface area contributed by atoms with E-state index >= 15 is 0 Å². The van der Waals surface area contributed by atoms with Gasteiger partial charge >= 0.3 is 6.18 Å². The molecule has 0 aromatic heterocycles. The summed E-state index contributed by atoms with van der Waals surface area (Å²) < 4.78 is 44.7. The Labute approximate surface area is 169 Å². The molecule has 3 nitrogen and oxygen atoms in total. The van der Waals surface area contributed by atoms with Crippen LogP contribution in [0.1, 0.15) is 47.7 Å². The van der Waals surface area contributed by atoms with Crippen molar-refractivity contribution in [3.8, 4) is 5.75 Å². The van der Waals surface area contributed by atoms with Gasteiger partial charge < -0.3 is 9.64 Å². The number of ether oxygens (including phenoxy) is 1. The molecular formula is C23H26F3NO2. The van der Waals surface area contributed by atoms with Crippen molar-refractivity contribution in [1.29, 1.82) is 0 Å². The van der Waals surface area contributed by atoms with Crippen LogP contribution in [-0.2, 0) is 11.6 Å². The van der Waals surface area contributed by atoms with E-state index in [1.165, 1.54) is 6.07 Å². The number of halogens is 3. The fourth-order valence-electron chi connectivity index (χ4n) is 4.24. The topological polar surface area (TPSA) is 29.5 Å². The number of carbonyl (C=O) groups is 1. The van der Waals surface area contributed by atoms with Crippen molar-refractivity contribution in [1.82, 2.24) is 4.90 Å².